The molecule has 0 aliphatic rings. The van der Waals surface area contributed by atoms with Crippen LogP contribution < -0.4 is 5.73 Å². The zero-order valence-corrected chi connectivity index (χ0v) is 8.29. The van der Waals surface area contributed by atoms with E-state index in [9.17, 15) is 9.59 Å². The van der Waals surface area contributed by atoms with Crippen LogP contribution in [0.3, 0.4) is 0 Å². The quantitative estimate of drug-likeness (QED) is 0.445. The van der Waals surface area contributed by atoms with Gasteiger partial charge < -0.3 is 10.8 Å². The van der Waals surface area contributed by atoms with Gasteiger partial charge in [-0.3, -0.25) is 9.63 Å². The molecular weight excluding hydrogens is 212 g/mol. The molecule has 1 amide bonds. The third kappa shape index (κ3) is 3.79. The molecule has 0 unspecified atom stereocenters. The van der Waals surface area contributed by atoms with Gasteiger partial charge in [0.2, 0.25) is 0 Å². The molecule has 0 spiro atoms. The van der Waals surface area contributed by atoms with Crippen LogP contribution in [-0.2, 0) is 16.1 Å². The molecule has 0 aromatic heterocycles. The van der Waals surface area contributed by atoms with Gasteiger partial charge in [-0.2, -0.15) is 0 Å². The first-order chi connectivity index (χ1) is 7.59. The predicted octanol–water partition coefficient (Wildman–Crippen LogP) is 0.743. The Morgan fingerprint density at radius 3 is 2.75 bits per heavy atom. The molecule has 16 heavy (non-hydrogen) atoms. The second kappa shape index (κ2) is 5.50. The maximum Gasteiger partial charge on any atom is 0.430 e. The van der Waals surface area contributed by atoms with Gasteiger partial charge in [-0.1, -0.05) is 29.4 Å². The number of carbonyl (C=O) groups excluding carboxylic acids is 1. The number of aliphatic carboxylic acids is 1. The van der Waals surface area contributed by atoms with Crippen LogP contribution in [0.25, 0.3) is 0 Å². The number of nitrogens with two attached hydrogens (primary N) is 1. The van der Waals surface area contributed by atoms with Gasteiger partial charge in [-0.25, -0.2) is 4.79 Å². The molecule has 1 aromatic carbocycles. The zero-order chi connectivity index (χ0) is 12.0. The van der Waals surface area contributed by atoms with E-state index in [1.165, 1.54) is 6.21 Å². The highest BCUT2D eigenvalue weighted by Crippen LogP contribution is 2.07. The molecule has 0 aliphatic heterocycles. The summed E-state index contributed by atoms with van der Waals surface area (Å²) in [6.07, 6.45) is 0.0916. The topological polar surface area (TPSA) is 102 Å². The van der Waals surface area contributed by atoms with Crippen molar-refractivity contribution in [3.05, 3.63) is 35.4 Å². The summed E-state index contributed by atoms with van der Waals surface area (Å²) in [6.45, 7) is 0. The number of carbonyl (C=O) groups is 2. The molecular formula is C10H10N2O4. The molecule has 6 heteroatoms. The molecule has 0 saturated carbocycles. The molecule has 3 N–H and O–H groups in total. The number of nitrogens with zero attached hydrogens (tertiary/aromatic N) is 1. The average molecular weight is 222 g/mol. The average Bonchev–Trinajstić information content (AvgIpc) is 2.19. The second-order valence-corrected chi connectivity index (χ2v) is 2.91. The van der Waals surface area contributed by atoms with E-state index in [1.54, 1.807) is 24.3 Å². The van der Waals surface area contributed by atoms with Crippen molar-refractivity contribution in [2.75, 3.05) is 0 Å². The summed E-state index contributed by atoms with van der Waals surface area (Å²) in [5, 5.41) is 12.0. The standard InChI is InChI=1S/C10H10N2O4/c11-10(15)16-12-6-8-4-2-1-3-7(8)5-9(13)14/h1-4,6H,5H2,(H2,11,15)(H,13,14). The molecule has 0 heterocycles. The van der Waals surface area contributed by atoms with Crippen LogP contribution in [0.2, 0.25) is 0 Å². The maximum atomic E-state index is 10.6. The largest absolute Gasteiger partial charge is 0.481 e. The van der Waals surface area contributed by atoms with Crippen molar-refractivity contribution < 1.29 is 19.5 Å². The fourth-order valence-electron chi connectivity index (χ4n) is 1.12. The van der Waals surface area contributed by atoms with Gasteiger partial charge in [0.05, 0.1) is 12.6 Å². The highest BCUT2D eigenvalue weighted by atomic mass is 16.7. The summed E-state index contributed by atoms with van der Waals surface area (Å²) in [7, 11) is 0. The van der Waals surface area contributed by atoms with Crippen LogP contribution in [0.1, 0.15) is 11.1 Å². The van der Waals surface area contributed by atoms with Gasteiger partial charge in [0.1, 0.15) is 0 Å². The fraction of sp³-hybridized carbons (Fsp3) is 0.100. The number of rotatable bonds is 4. The first kappa shape index (κ1) is 11.7. The van der Waals surface area contributed by atoms with Crippen LogP contribution in [-0.4, -0.2) is 23.4 Å². The van der Waals surface area contributed by atoms with Crippen molar-refractivity contribution >= 4 is 18.3 Å². The molecule has 0 bridgehead atoms. The summed E-state index contributed by atoms with van der Waals surface area (Å²) >= 11 is 0. The Morgan fingerprint density at radius 2 is 2.12 bits per heavy atom. The van der Waals surface area contributed by atoms with Gasteiger partial charge in [0.25, 0.3) is 0 Å². The van der Waals surface area contributed by atoms with Gasteiger partial charge in [-0.15, -0.1) is 0 Å². The maximum absolute atomic E-state index is 10.6. The van der Waals surface area contributed by atoms with Gasteiger partial charge in [0.15, 0.2) is 0 Å². The summed E-state index contributed by atoms with van der Waals surface area (Å²) in [4.78, 5) is 25.0. The summed E-state index contributed by atoms with van der Waals surface area (Å²) < 4.78 is 0. The molecule has 0 fully saturated rings. The lowest BCUT2D eigenvalue weighted by atomic mass is 10.1. The Bertz CT molecular complexity index is 429. The van der Waals surface area contributed by atoms with Crippen molar-refractivity contribution in [1.82, 2.24) is 0 Å². The Balaban J connectivity index is 2.82. The van der Waals surface area contributed by atoms with E-state index < -0.39 is 12.1 Å². The lowest BCUT2D eigenvalue weighted by Gasteiger charge is -2.01. The van der Waals surface area contributed by atoms with Crippen molar-refractivity contribution in [1.29, 1.82) is 0 Å². The first-order valence-corrected chi connectivity index (χ1v) is 4.39. The first-order valence-electron chi connectivity index (χ1n) is 4.39. The molecule has 0 aliphatic carbocycles. The SMILES string of the molecule is NC(=O)ON=Cc1ccccc1CC(=O)O. The molecule has 0 saturated heterocycles. The Morgan fingerprint density at radius 1 is 1.44 bits per heavy atom. The predicted molar refractivity (Wildman–Crippen MR) is 56.0 cm³/mol. The van der Waals surface area contributed by atoms with E-state index in [0.29, 0.717) is 11.1 Å². The van der Waals surface area contributed by atoms with Crippen LogP contribution in [0.4, 0.5) is 4.79 Å². The van der Waals surface area contributed by atoms with Crippen molar-refractivity contribution in [3.63, 3.8) is 0 Å². The number of benzene rings is 1. The minimum absolute atomic E-state index is 0.126. The van der Waals surface area contributed by atoms with Crippen molar-refractivity contribution in [3.8, 4) is 0 Å². The van der Waals surface area contributed by atoms with E-state index in [-0.39, 0.29) is 6.42 Å². The van der Waals surface area contributed by atoms with E-state index >= 15 is 0 Å². The number of hydrogen-bond acceptors (Lipinski definition) is 4. The Labute approximate surface area is 91.3 Å². The van der Waals surface area contributed by atoms with E-state index in [1.807, 2.05) is 0 Å². The lowest BCUT2D eigenvalue weighted by Crippen LogP contribution is -2.09. The number of amides is 1. The highest BCUT2D eigenvalue weighted by Gasteiger charge is 2.04. The molecule has 1 aromatic rings. The summed E-state index contributed by atoms with van der Waals surface area (Å²) in [6, 6.07) is 6.74. The summed E-state index contributed by atoms with van der Waals surface area (Å²) in [5.41, 5.74) is 5.84. The third-order valence-electron chi connectivity index (χ3n) is 1.73. The number of carboxylic acid groups (broad SMARTS) is 1. The smallest absolute Gasteiger partial charge is 0.430 e. The highest BCUT2D eigenvalue weighted by molar-refractivity contribution is 5.84. The molecule has 0 radical (unpaired) electrons. The third-order valence-corrected chi connectivity index (χ3v) is 1.73. The number of carboxylic acids is 1. The number of oxime groups is 1. The van der Waals surface area contributed by atoms with Crippen molar-refractivity contribution in [2.24, 2.45) is 10.9 Å². The van der Waals surface area contributed by atoms with Gasteiger partial charge >= 0.3 is 12.1 Å². The van der Waals surface area contributed by atoms with Crippen LogP contribution in [0, 0.1) is 0 Å². The molecule has 6 nitrogen and oxygen atoms in total. The van der Waals surface area contributed by atoms with Gasteiger partial charge in [0, 0.05) is 0 Å². The number of primary amides is 1. The second-order valence-electron chi connectivity index (χ2n) is 2.91. The molecule has 0 atom stereocenters. The Kier molecular flexibility index (Phi) is 4.02. The van der Waals surface area contributed by atoms with Crippen molar-refractivity contribution in [2.45, 2.75) is 6.42 Å². The van der Waals surface area contributed by atoms with Crippen LogP contribution in [0.5, 0.6) is 0 Å². The molecule has 1 rings (SSSR count). The normalized spacial score (nSPS) is 10.2. The van der Waals surface area contributed by atoms with Crippen LogP contribution >= 0.6 is 0 Å². The molecule has 84 valence electrons. The Hall–Kier alpha value is -2.37. The van der Waals surface area contributed by atoms with E-state index in [0.717, 1.165) is 0 Å². The minimum Gasteiger partial charge on any atom is -0.481 e. The zero-order valence-electron chi connectivity index (χ0n) is 8.29. The van der Waals surface area contributed by atoms with Crippen LogP contribution in [0.15, 0.2) is 29.4 Å². The number of hydrogen-bond donors (Lipinski definition) is 2. The van der Waals surface area contributed by atoms with E-state index in [2.05, 4.69) is 9.99 Å². The summed E-state index contributed by atoms with van der Waals surface area (Å²) in [5.74, 6) is -0.948. The fourth-order valence-corrected chi connectivity index (χ4v) is 1.12. The monoisotopic (exact) mass is 222 g/mol. The van der Waals surface area contributed by atoms with E-state index in [4.69, 9.17) is 10.8 Å². The minimum atomic E-state index is -1.02. The van der Waals surface area contributed by atoms with Gasteiger partial charge in [-0.05, 0) is 11.1 Å². The lowest BCUT2D eigenvalue weighted by molar-refractivity contribution is -0.136.